The van der Waals surface area contributed by atoms with Gasteiger partial charge in [0.15, 0.2) is 6.61 Å². The summed E-state index contributed by atoms with van der Waals surface area (Å²) in [5.74, 6) is -0.975. The fraction of sp³-hybridized carbons (Fsp3) is 0.381. The van der Waals surface area contributed by atoms with Crippen molar-refractivity contribution < 1.29 is 19.1 Å². The van der Waals surface area contributed by atoms with Gasteiger partial charge >= 0.3 is 5.97 Å². The van der Waals surface area contributed by atoms with Gasteiger partial charge in [-0.25, -0.2) is 4.79 Å². The number of halogens is 1. The molecule has 1 aromatic heterocycles. The molecular weight excluding hydrogens is 380 g/mol. The van der Waals surface area contributed by atoms with Gasteiger partial charge in [0, 0.05) is 34.9 Å². The summed E-state index contributed by atoms with van der Waals surface area (Å²) in [6, 6.07) is 8.88. The van der Waals surface area contributed by atoms with E-state index in [1.807, 2.05) is 44.2 Å². The Morgan fingerprint density at radius 2 is 1.96 bits per heavy atom. The lowest BCUT2D eigenvalue weighted by Gasteiger charge is -2.11. The number of hydrogen-bond donors (Lipinski definition) is 1. The Hall–Kier alpha value is -2.60. The van der Waals surface area contributed by atoms with Crippen molar-refractivity contribution in [2.75, 3.05) is 6.61 Å². The van der Waals surface area contributed by atoms with Gasteiger partial charge in [-0.3, -0.25) is 9.59 Å². The van der Waals surface area contributed by atoms with Crippen LogP contribution in [0.15, 0.2) is 30.3 Å². The molecule has 7 heteroatoms. The summed E-state index contributed by atoms with van der Waals surface area (Å²) in [5.41, 5.74) is 3.54. The minimum Gasteiger partial charge on any atom is -0.456 e. The van der Waals surface area contributed by atoms with Crippen molar-refractivity contribution in [3.05, 3.63) is 57.9 Å². The Morgan fingerprint density at radius 3 is 2.61 bits per heavy atom. The largest absolute Gasteiger partial charge is 0.456 e. The predicted octanol–water partition coefficient (Wildman–Crippen LogP) is 3.01. The molecule has 1 N–H and O–H groups in total. The standard InChI is InChI=1S/C21H23ClN2O4/c1-13-11-17(19(25)12-28-21(27)18-7-8-20(26)23-18)14(2)24(13)10-9-15-3-5-16(22)6-4-15/h3-6,11,18H,7-10,12H2,1-2H3,(H,23,26)/t18-/m1/s1. The Labute approximate surface area is 168 Å². The minimum absolute atomic E-state index is 0.169. The Morgan fingerprint density at radius 1 is 1.25 bits per heavy atom. The number of amides is 1. The average molecular weight is 403 g/mol. The second-order valence-electron chi connectivity index (χ2n) is 7.00. The molecule has 0 saturated carbocycles. The van der Waals surface area contributed by atoms with Gasteiger partial charge in [-0.2, -0.15) is 0 Å². The van der Waals surface area contributed by atoms with Gasteiger partial charge in [-0.1, -0.05) is 23.7 Å². The fourth-order valence-electron chi connectivity index (χ4n) is 3.43. The third-order valence-electron chi connectivity index (χ3n) is 5.04. The first-order chi connectivity index (χ1) is 13.3. The molecule has 1 atom stereocenters. The molecule has 3 rings (SSSR count). The average Bonchev–Trinajstić information content (AvgIpc) is 3.23. The normalized spacial score (nSPS) is 16.1. The van der Waals surface area contributed by atoms with Crippen LogP contribution in [0.25, 0.3) is 0 Å². The van der Waals surface area contributed by atoms with Crippen LogP contribution < -0.4 is 5.32 Å². The molecule has 1 saturated heterocycles. The first-order valence-electron chi connectivity index (χ1n) is 9.25. The molecule has 28 heavy (non-hydrogen) atoms. The number of nitrogens with one attached hydrogen (secondary N) is 1. The van der Waals surface area contributed by atoms with Crippen molar-refractivity contribution >= 4 is 29.3 Å². The molecule has 0 spiro atoms. The van der Waals surface area contributed by atoms with Gasteiger partial charge in [0.2, 0.25) is 11.7 Å². The number of esters is 1. The number of aromatic nitrogens is 1. The zero-order valence-electron chi connectivity index (χ0n) is 16.0. The van der Waals surface area contributed by atoms with Crippen LogP contribution in [0, 0.1) is 13.8 Å². The molecule has 1 fully saturated rings. The van der Waals surface area contributed by atoms with E-state index in [9.17, 15) is 14.4 Å². The smallest absolute Gasteiger partial charge is 0.329 e. The molecule has 0 bridgehead atoms. The quantitative estimate of drug-likeness (QED) is 0.570. The summed E-state index contributed by atoms with van der Waals surface area (Å²) in [7, 11) is 0. The van der Waals surface area contributed by atoms with E-state index in [-0.39, 0.29) is 18.3 Å². The number of benzene rings is 1. The third kappa shape index (κ3) is 4.62. The van der Waals surface area contributed by atoms with Crippen molar-refractivity contribution in [1.82, 2.24) is 9.88 Å². The highest BCUT2D eigenvalue weighted by molar-refractivity contribution is 6.30. The number of carbonyl (C=O) groups excluding carboxylic acids is 3. The predicted molar refractivity (Wildman–Crippen MR) is 106 cm³/mol. The van der Waals surface area contributed by atoms with Crippen molar-refractivity contribution in [3.8, 4) is 0 Å². The van der Waals surface area contributed by atoms with Crippen LogP contribution in [0.5, 0.6) is 0 Å². The molecule has 1 amide bonds. The summed E-state index contributed by atoms with van der Waals surface area (Å²) in [4.78, 5) is 35.7. The molecule has 0 radical (unpaired) electrons. The van der Waals surface area contributed by atoms with Crippen LogP contribution in [-0.2, 0) is 27.3 Å². The maximum Gasteiger partial charge on any atom is 0.329 e. The zero-order chi connectivity index (χ0) is 20.3. The van der Waals surface area contributed by atoms with Gasteiger partial charge in [0.25, 0.3) is 0 Å². The molecule has 2 aromatic rings. The van der Waals surface area contributed by atoms with Gasteiger partial charge in [-0.05, 0) is 50.5 Å². The summed E-state index contributed by atoms with van der Waals surface area (Å²) < 4.78 is 7.19. The maximum absolute atomic E-state index is 12.5. The van der Waals surface area contributed by atoms with Gasteiger partial charge in [-0.15, -0.1) is 0 Å². The van der Waals surface area contributed by atoms with Crippen LogP contribution in [0.3, 0.4) is 0 Å². The van der Waals surface area contributed by atoms with Gasteiger partial charge < -0.3 is 14.6 Å². The lowest BCUT2D eigenvalue weighted by atomic mass is 10.1. The Kier molecular flexibility index (Phi) is 6.19. The molecule has 2 heterocycles. The molecule has 148 valence electrons. The number of ketones is 1. The number of aryl methyl sites for hydroxylation is 2. The highest BCUT2D eigenvalue weighted by atomic mass is 35.5. The van der Waals surface area contributed by atoms with E-state index in [1.54, 1.807) is 0 Å². The molecule has 0 unspecified atom stereocenters. The van der Waals surface area contributed by atoms with E-state index < -0.39 is 12.0 Å². The van der Waals surface area contributed by atoms with Crippen molar-refractivity contribution in [1.29, 1.82) is 0 Å². The monoisotopic (exact) mass is 402 g/mol. The lowest BCUT2D eigenvalue weighted by molar-refractivity contribution is -0.145. The van der Waals surface area contributed by atoms with Crippen molar-refractivity contribution in [3.63, 3.8) is 0 Å². The van der Waals surface area contributed by atoms with E-state index in [1.165, 1.54) is 0 Å². The third-order valence-corrected chi connectivity index (χ3v) is 5.29. The lowest BCUT2D eigenvalue weighted by Crippen LogP contribution is -2.35. The molecule has 6 nitrogen and oxygen atoms in total. The van der Waals surface area contributed by atoms with Crippen LogP contribution >= 0.6 is 11.6 Å². The number of carbonyl (C=O) groups is 3. The van der Waals surface area contributed by atoms with Crippen molar-refractivity contribution in [2.45, 2.75) is 45.7 Å². The van der Waals surface area contributed by atoms with Crippen LogP contribution in [0.1, 0.15) is 40.2 Å². The molecule has 1 aromatic carbocycles. The van der Waals surface area contributed by atoms with Gasteiger partial charge in [0.05, 0.1) is 0 Å². The molecule has 0 aliphatic carbocycles. The summed E-state index contributed by atoms with van der Waals surface area (Å²) in [6.07, 6.45) is 1.53. The van der Waals surface area contributed by atoms with E-state index in [2.05, 4.69) is 9.88 Å². The SMILES string of the molecule is Cc1cc(C(=O)COC(=O)[C@H]2CCC(=O)N2)c(C)n1CCc1ccc(Cl)cc1. The molecule has 1 aliphatic rings. The fourth-order valence-corrected chi connectivity index (χ4v) is 3.55. The minimum atomic E-state index is -0.646. The van der Waals surface area contributed by atoms with E-state index in [0.29, 0.717) is 23.4 Å². The second-order valence-corrected chi connectivity index (χ2v) is 7.44. The second kappa shape index (κ2) is 8.61. The molecule has 1 aliphatic heterocycles. The topological polar surface area (TPSA) is 77.4 Å². The molecular formula is C21H23ClN2O4. The van der Waals surface area contributed by atoms with Gasteiger partial charge in [0.1, 0.15) is 6.04 Å². The summed E-state index contributed by atoms with van der Waals surface area (Å²) >= 11 is 5.92. The number of hydrogen-bond acceptors (Lipinski definition) is 4. The number of nitrogens with zero attached hydrogens (tertiary/aromatic N) is 1. The maximum atomic E-state index is 12.5. The highest BCUT2D eigenvalue weighted by Crippen LogP contribution is 2.18. The number of Topliss-reactive ketones (excluding diaryl/α,β-unsaturated/α-hetero) is 1. The first-order valence-corrected chi connectivity index (χ1v) is 9.63. The number of ether oxygens (including phenoxy) is 1. The summed E-state index contributed by atoms with van der Waals surface area (Å²) in [6.45, 7) is 4.25. The van der Waals surface area contributed by atoms with E-state index in [0.717, 1.165) is 29.9 Å². The van der Waals surface area contributed by atoms with Crippen LogP contribution in [0.4, 0.5) is 0 Å². The van der Waals surface area contributed by atoms with E-state index >= 15 is 0 Å². The van der Waals surface area contributed by atoms with Crippen LogP contribution in [-0.4, -0.2) is 34.9 Å². The Balaban J connectivity index is 1.60. The summed E-state index contributed by atoms with van der Waals surface area (Å²) in [5, 5.41) is 3.25. The van der Waals surface area contributed by atoms with E-state index in [4.69, 9.17) is 16.3 Å². The highest BCUT2D eigenvalue weighted by Gasteiger charge is 2.29. The van der Waals surface area contributed by atoms with Crippen LogP contribution in [0.2, 0.25) is 5.02 Å². The zero-order valence-corrected chi connectivity index (χ0v) is 16.7. The van der Waals surface area contributed by atoms with Crippen molar-refractivity contribution in [2.24, 2.45) is 0 Å². The first kappa shape index (κ1) is 20.1. The number of rotatable bonds is 7. The Bertz CT molecular complexity index is 902.